The molecule has 2 aromatic carbocycles. The summed E-state index contributed by atoms with van der Waals surface area (Å²) in [5, 5.41) is 19.8. The lowest BCUT2D eigenvalue weighted by Crippen LogP contribution is -2.34. The lowest BCUT2D eigenvalue weighted by atomic mass is 10.0. The Bertz CT molecular complexity index is 809. The number of amides is 1. The smallest absolute Gasteiger partial charge is 0.263 e. The number of carbonyl (C=O) groups is 1. The van der Waals surface area contributed by atoms with E-state index in [-0.39, 0.29) is 16.0 Å². The van der Waals surface area contributed by atoms with E-state index in [1.54, 1.807) is 12.1 Å². The molecule has 8 heteroatoms. The first kappa shape index (κ1) is 18.4. The molecule has 1 atom stereocenters. The van der Waals surface area contributed by atoms with Crippen LogP contribution in [0.15, 0.2) is 44.3 Å². The zero-order chi connectivity index (χ0) is 17.9. The molecule has 5 N–H and O–H groups in total. The highest BCUT2D eigenvalue weighted by molar-refractivity contribution is 9.11. The molecule has 1 unspecified atom stereocenters. The summed E-state index contributed by atoms with van der Waals surface area (Å²) < 4.78 is 0.512. The second-order valence-electron chi connectivity index (χ2n) is 5.00. The lowest BCUT2D eigenvalue weighted by Gasteiger charge is -2.14. The molecule has 2 rings (SSSR count). The summed E-state index contributed by atoms with van der Waals surface area (Å²) in [6.45, 7) is 1.87. The Morgan fingerprint density at radius 3 is 2.58 bits per heavy atom. The number of aliphatic imine (C=N–C) groups is 1. The highest BCUT2D eigenvalue weighted by atomic mass is 79.9. The van der Waals surface area contributed by atoms with Crippen LogP contribution in [0.2, 0.25) is 0 Å². The number of phenolic OH excluding ortho intramolecular Hbond substituents is 2. The summed E-state index contributed by atoms with van der Waals surface area (Å²) in [5.74, 6) is 4.47. The summed E-state index contributed by atoms with van der Waals surface area (Å²) in [4.78, 5) is 16.4. The molecule has 0 bridgehead atoms. The van der Waals surface area contributed by atoms with Crippen LogP contribution in [0.25, 0.3) is 0 Å². The maximum Gasteiger partial charge on any atom is 0.263 e. The maximum atomic E-state index is 12.1. The fourth-order valence-corrected chi connectivity index (χ4v) is 3.29. The number of carbonyl (C=O) groups excluding carboxylic acids is 1. The van der Waals surface area contributed by atoms with E-state index in [1.807, 2.05) is 19.1 Å². The number of nitrogens with zero attached hydrogens (tertiary/aromatic N) is 1. The number of hydrogen-bond acceptors (Lipinski definition) is 5. The average Bonchev–Trinajstić information content (AvgIpc) is 2.58. The van der Waals surface area contributed by atoms with Crippen molar-refractivity contribution in [1.82, 2.24) is 5.43 Å². The minimum Gasteiger partial charge on any atom is -0.506 e. The molecule has 126 valence electrons. The van der Waals surface area contributed by atoms with Crippen LogP contribution in [-0.4, -0.2) is 22.3 Å². The minimum atomic E-state index is -0.859. The number of halogens is 2. The normalized spacial score (nSPS) is 12.3. The number of benzene rings is 2. The van der Waals surface area contributed by atoms with Gasteiger partial charge < -0.3 is 10.2 Å². The molecule has 1 amide bonds. The topological polar surface area (TPSA) is 108 Å². The molecule has 6 nitrogen and oxygen atoms in total. The Balaban J connectivity index is 2.47. The van der Waals surface area contributed by atoms with Gasteiger partial charge in [0, 0.05) is 11.8 Å². The van der Waals surface area contributed by atoms with Gasteiger partial charge in [0.05, 0.1) is 4.47 Å². The van der Waals surface area contributed by atoms with Crippen LogP contribution in [0.4, 0.5) is 0 Å². The van der Waals surface area contributed by atoms with Crippen molar-refractivity contribution in [2.75, 3.05) is 0 Å². The van der Waals surface area contributed by atoms with E-state index in [0.29, 0.717) is 15.6 Å². The van der Waals surface area contributed by atoms with Crippen molar-refractivity contribution in [2.24, 2.45) is 10.8 Å². The van der Waals surface area contributed by atoms with Crippen molar-refractivity contribution < 1.29 is 15.0 Å². The Kier molecular flexibility index (Phi) is 5.98. The van der Waals surface area contributed by atoms with Crippen molar-refractivity contribution in [2.45, 2.75) is 13.0 Å². The fourth-order valence-electron chi connectivity index (χ4n) is 2.13. The van der Waals surface area contributed by atoms with Gasteiger partial charge in [-0.1, -0.05) is 24.3 Å². The molecule has 0 aliphatic carbocycles. The van der Waals surface area contributed by atoms with Crippen LogP contribution in [0.5, 0.6) is 11.5 Å². The van der Waals surface area contributed by atoms with E-state index < -0.39 is 11.9 Å². The van der Waals surface area contributed by atoms with Crippen LogP contribution in [0.3, 0.4) is 0 Å². The SMILES string of the molecule is Cc1ccccc1C(N=Cc1cc(Br)c(O)c(Br)c1O)C(=O)NN. The van der Waals surface area contributed by atoms with Crippen LogP contribution >= 0.6 is 31.9 Å². The van der Waals surface area contributed by atoms with Crippen molar-refractivity contribution in [3.63, 3.8) is 0 Å². The quantitative estimate of drug-likeness (QED) is 0.245. The summed E-state index contributed by atoms with van der Waals surface area (Å²) in [6.07, 6.45) is 1.36. The molecule has 0 saturated carbocycles. The molecular formula is C16H15Br2N3O3. The molecular weight excluding hydrogens is 442 g/mol. The lowest BCUT2D eigenvalue weighted by molar-refractivity contribution is -0.122. The number of rotatable bonds is 4. The second kappa shape index (κ2) is 7.78. The van der Waals surface area contributed by atoms with E-state index in [4.69, 9.17) is 5.84 Å². The predicted molar refractivity (Wildman–Crippen MR) is 99.0 cm³/mol. The first-order valence-corrected chi connectivity index (χ1v) is 8.44. The molecule has 0 aliphatic rings. The number of nitrogens with one attached hydrogen (secondary N) is 1. The highest BCUT2D eigenvalue weighted by Gasteiger charge is 2.20. The Morgan fingerprint density at radius 2 is 1.96 bits per heavy atom. The second-order valence-corrected chi connectivity index (χ2v) is 6.65. The third-order valence-corrected chi connectivity index (χ3v) is 4.79. The molecule has 0 aromatic heterocycles. The van der Waals surface area contributed by atoms with E-state index in [9.17, 15) is 15.0 Å². The van der Waals surface area contributed by atoms with Gasteiger partial charge in [0.2, 0.25) is 0 Å². The van der Waals surface area contributed by atoms with Gasteiger partial charge in [-0.05, 0) is 56.0 Å². The largest absolute Gasteiger partial charge is 0.506 e. The van der Waals surface area contributed by atoms with Crippen molar-refractivity contribution in [1.29, 1.82) is 0 Å². The zero-order valence-corrected chi connectivity index (χ0v) is 15.8. The Hall–Kier alpha value is -1.90. The van der Waals surface area contributed by atoms with Gasteiger partial charge in [0.1, 0.15) is 16.0 Å². The van der Waals surface area contributed by atoms with Crippen molar-refractivity contribution >= 4 is 44.0 Å². The number of hydrazine groups is 1. The fraction of sp³-hybridized carbons (Fsp3) is 0.125. The summed E-state index contributed by atoms with van der Waals surface area (Å²) in [5.41, 5.74) is 4.02. The van der Waals surface area contributed by atoms with Gasteiger partial charge in [0.25, 0.3) is 5.91 Å². The number of nitrogens with two attached hydrogens (primary N) is 1. The molecule has 0 heterocycles. The molecule has 0 saturated heterocycles. The molecule has 0 aliphatic heterocycles. The Labute approximate surface area is 155 Å². The number of aromatic hydroxyl groups is 2. The predicted octanol–water partition coefficient (Wildman–Crippen LogP) is 3.08. The zero-order valence-electron chi connectivity index (χ0n) is 12.6. The molecule has 2 aromatic rings. The van der Waals surface area contributed by atoms with Crippen LogP contribution in [0, 0.1) is 6.92 Å². The van der Waals surface area contributed by atoms with Gasteiger partial charge in [-0.3, -0.25) is 15.2 Å². The molecule has 0 fully saturated rings. The molecule has 0 spiro atoms. The van der Waals surface area contributed by atoms with Gasteiger partial charge in [-0.2, -0.15) is 0 Å². The van der Waals surface area contributed by atoms with Crippen LogP contribution in [0.1, 0.15) is 22.7 Å². The summed E-state index contributed by atoms with van der Waals surface area (Å²) in [7, 11) is 0. The monoisotopic (exact) mass is 455 g/mol. The standard InChI is InChI=1S/C16H15Br2N3O3/c1-8-4-2-3-5-10(8)13(16(24)21-19)20-7-9-6-11(17)15(23)12(18)14(9)22/h2-7,13,22-23H,19H2,1H3,(H,21,24). The molecule has 24 heavy (non-hydrogen) atoms. The molecule has 0 radical (unpaired) electrons. The first-order chi connectivity index (χ1) is 11.4. The van der Waals surface area contributed by atoms with E-state index in [1.165, 1.54) is 12.3 Å². The van der Waals surface area contributed by atoms with E-state index >= 15 is 0 Å². The Morgan fingerprint density at radius 1 is 1.29 bits per heavy atom. The van der Waals surface area contributed by atoms with Crippen LogP contribution in [-0.2, 0) is 4.79 Å². The van der Waals surface area contributed by atoms with Crippen LogP contribution < -0.4 is 11.3 Å². The number of hydrogen-bond donors (Lipinski definition) is 4. The van der Waals surface area contributed by atoms with Gasteiger partial charge in [-0.25, -0.2) is 5.84 Å². The number of phenols is 2. The number of aryl methyl sites for hydroxylation is 1. The van der Waals surface area contributed by atoms with E-state index in [0.717, 1.165) is 5.56 Å². The first-order valence-electron chi connectivity index (χ1n) is 6.86. The van der Waals surface area contributed by atoms with Crippen molar-refractivity contribution in [3.8, 4) is 11.5 Å². The highest BCUT2D eigenvalue weighted by Crippen LogP contribution is 2.40. The summed E-state index contributed by atoms with van der Waals surface area (Å²) >= 11 is 6.28. The maximum absolute atomic E-state index is 12.1. The average molecular weight is 457 g/mol. The summed E-state index contributed by atoms with van der Waals surface area (Å²) in [6, 6.07) is 7.96. The van der Waals surface area contributed by atoms with E-state index in [2.05, 4.69) is 42.3 Å². The third kappa shape index (κ3) is 3.77. The minimum absolute atomic E-state index is 0.125. The van der Waals surface area contributed by atoms with Crippen molar-refractivity contribution in [3.05, 3.63) is 56.0 Å². The third-order valence-electron chi connectivity index (χ3n) is 3.43. The van der Waals surface area contributed by atoms with Gasteiger partial charge in [-0.15, -0.1) is 0 Å². The van der Waals surface area contributed by atoms with Gasteiger partial charge >= 0.3 is 0 Å². The van der Waals surface area contributed by atoms with Gasteiger partial charge in [0.15, 0.2) is 6.04 Å².